The summed E-state index contributed by atoms with van der Waals surface area (Å²) in [6.45, 7) is -0.228. The summed E-state index contributed by atoms with van der Waals surface area (Å²) in [5.74, 6) is -1.52. The van der Waals surface area contributed by atoms with Crippen molar-refractivity contribution in [3.8, 4) is 0 Å². The first-order valence-corrected chi connectivity index (χ1v) is 10.4. The van der Waals surface area contributed by atoms with E-state index in [4.69, 9.17) is 27.9 Å². The number of aliphatic carboxylic acids is 1. The fraction of sp³-hybridized carbons (Fsp3) is 0.167. The van der Waals surface area contributed by atoms with Gasteiger partial charge in [-0.1, -0.05) is 77.8 Å². The lowest BCUT2D eigenvalue weighted by Crippen LogP contribution is -2.49. The van der Waals surface area contributed by atoms with Gasteiger partial charge in [-0.15, -0.1) is 0 Å². The fourth-order valence-electron chi connectivity index (χ4n) is 3.92. The van der Waals surface area contributed by atoms with Gasteiger partial charge in [0, 0.05) is 10.0 Å². The van der Waals surface area contributed by atoms with E-state index in [9.17, 15) is 14.7 Å². The maximum atomic E-state index is 13.1. The molecule has 1 amide bonds. The van der Waals surface area contributed by atoms with Crippen LogP contribution in [0.4, 0.5) is 0 Å². The SMILES string of the molecule is O=C(O)[C@@H](c1ccccc1)N1C(=O)CO[C@H](c2ccc(Cl)cc2)[C@@H]1c1ccc(Cl)cc1. The zero-order valence-electron chi connectivity index (χ0n) is 16.3. The maximum Gasteiger partial charge on any atom is 0.331 e. The van der Waals surface area contributed by atoms with E-state index in [1.165, 1.54) is 4.90 Å². The first-order valence-electron chi connectivity index (χ1n) is 9.67. The predicted octanol–water partition coefficient (Wildman–Crippen LogP) is 5.46. The third kappa shape index (κ3) is 4.44. The summed E-state index contributed by atoms with van der Waals surface area (Å²) in [6.07, 6.45) is -0.582. The number of hydrogen-bond acceptors (Lipinski definition) is 3. The van der Waals surface area contributed by atoms with Gasteiger partial charge in [-0.2, -0.15) is 0 Å². The third-order valence-corrected chi connectivity index (χ3v) is 5.80. The molecule has 0 saturated carbocycles. The molecule has 3 atom stereocenters. The summed E-state index contributed by atoms with van der Waals surface area (Å²) in [4.78, 5) is 26.9. The highest BCUT2D eigenvalue weighted by atomic mass is 35.5. The molecule has 1 fully saturated rings. The maximum absolute atomic E-state index is 13.1. The molecule has 4 rings (SSSR count). The van der Waals surface area contributed by atoms with E-state index in [0.29, 0.717) is 15.6 Å². The summed E-state index contributed by atoms with van der Waals surface area (Å²) in [5, 5.41) is 11.2. The van der Waals surface area contributed by atoms with Crippen molar-refractivity contribution in [2.75, 3.05) is 6.61 Å². The molecule has 31 heavy (non-hydrogen) atoms. The molecule has 1 heterocycles. The molecule has 1 N–H and O–H groups in total. The highest BCUT2D eigenvalue weighted by molar-refractivity contribution is 6.30. The van der Waals surface area contributed by atoms with E-state index in [0.717, 1.165) is 11.1 Å². The number of ether oxygens (including phenoxy) is 1. The van der Waals surface area contributed by atoms with Crippen LogP contribution in [0, 0.1) is 0 Å². The van der Waals surface area contributed by atoms with Gasteiger partial charge in [0.2, 0.25) is 5.91 Å². The molecule has 3 aromatic rings. The molecule has 0 spiro atoms. The molecule has 158 valence electrons. The Hall–Kier alpha value is -2.86. The van der Waals surface area contributed by atoms with Gasteiger partial charge in [0.15, 0.2) is 6.04 Å². The molecule has 1 aliphatic heterocycles. The van der Waals surface area contributed by atoms with Crippen LogP contribution in [0.15, 0.2) is 78.9 Å². The number of carbonyl (C=O) groups excluding carboxylic acids is 1. The van der Waals surface area contributed by atoms with Crippen LogP contribution < -0.4 is 0 Å². The summed E-state index contributed by atoms with van der Waals surface area (Å²) >= 11 is 12.1. The van der Waals surface area contributed by atoms with Crippen LogP contribution in [0.5, 0.6) is 0 Å². The van der Waals surface area contributed by atoms with Crippen LogP contribution in [0.2, 0.25) is 10.0 Å². The zero-order chi connectivity index (χ0) is 22.0. The van der Waals surface area contributed by atoms with Gasteiger partial charge in [0.1, 0.15) is 12.7 Å². The minimum absolute atomic E-state index is 0.228. The van der Waals surface area contributed by atoms with Crippen molar-refractivity contribution in [2.45, 2.75) is 18.2 Å². The monoisotopic (exact) mass is 455 g/mol. The highest BCUT2D eigenvalue weighted by Gasteiger charge is 2.45. The quantitative estimate of drug-likeness (QED) is 0.554. The first-order chi connectivity index (χ1) is 15.0. The molecule has 7 heteroatoms. The van der Waals surface area contributed by atoms with Crippen molar-refractivity contribution < 1.29 is 19.4 Å². The normalized spacial score (nSPS) is 19.8. The van der Waals surface area contributed by atoms with Gasteiger partial charge in [0.05, 0.1) is 6.04 Å². The van der Waals surface area contributed by atoms with Crippen LogP contribution >= 0.6 is 23.2 Å². The van der Waals surface area contributed by atoms with Crippen LogP contribution in [-0.4, -0.2) is 28.5 Å². The number of amides is 1. The second-order valence-corrected chi connectivity index (χ2v) is 8.10. The van der Waals surface area contributed by atoms with E-state index in [1.54, 1.807) is 66.7 Å². The molecular weight excluding hydrogens is 437 g/mol. The number of carbonyl (C=O) groups is 2. The standard InChI is InChI=1S/C24H19Cl2NO4/c25-18-10-6-16(7-11-18)21-23(17-8-12-19(26)13-9-17)31-14-20(28)27(21)22(24(29)30)15-4-2-1-3-5-15/h1-13,21-23H,14H2,(H,29,30)/t21-,22+,23+/m0/s1. The fourth-order valence-corrected chi connectivity index (χ4v) is 4.17. The third-order valence-electron chi connectivity index (χ3n) is 5.30. The van der Waals surface area contributed by atoms with Gasteiger partial charge in [0.25, 0.3) is 0 Å². The van der Waals surface area contributed by atoms with Crippen LogP contribution in [0.25, 0.3) is 0 Å². The van der Waals surface area contributed by atoms with E-state index in [2.05, 4.69) is 0 Å². The molecule has 0 bridgehead atoms. The van der Waals surface area contributed by atoms with E-state index >= 15 is 0 Å². The van der Waals surface area contributed by atoms with Gasteiger partial charge < -0.3 is 14.7 Å². The van der Waals surface area contributed by atoms with Crippen molar-refractivity contribution in [2.24, 2.45) is 0 Å². The van der Waals surface area contributed by atoms with Crippen molar-refractivity contribution in [1.82, 2.24) is 4.90 Å². The van der Waals surface area contributed by atoms with Crippen LogP contribution in [0.3, 0.4) is 0 Å². The number of halogens is 2. The molecule has 5 nitrogen and oxygen atoms in total. The first kappa shape index (κ1) is 21.4. The molecule has 0 radical (unpaired) electrons. The summed E-state index contributed by atoms with van der Waals surface area (Å²) in [5.41, 5.74) is 2.03. The Morgan fingerprint density at radius 2 is 1.45 bits per heavy atom. The average molecular weight is 456 g/mol. The summed E-state index contributed by atoms with van der Waals surface area (Å²) < 4.78 is 5.95. The molecule has 0 aliphatic carbocycles. The second kappa shape index (κ2) is 9.10. The topological polar surface area (TPSA) is 66.8 Å². The number of morpholine rings is 1. The lowest BCUT2D eigenvalue weighted by atomic mass is 9.90. The number of benzene rings is 3. The van der Waals surface area contributed by atoms with E-state index in [1.807, 2.05) is 12.1 Å². The van der Waals surface area contributed by atoms with Crippen molar-refractivity contribution in [3.05, 3.63) is 106 Å². The van der Waals surface area contributed by atoms with Crippen molar-refractivity contribution >= 4 is 35.1 Å². The van der Waals surface area contributed by atoms with E-state index in [-0.39, 0.29) is 6.61 Å². The molecule has 3 aromatic carbocycles. The number of nitrogens with zero attached hydrogens (tertiary/aromatic N) is 1. The summed E-state index contributed by atoms with van der Waals surface area (Å²) in [6, 6.07) is 21.0. The van der Waals surface area contributed by atoms with Gasteiger partial charge >= 0.3 is 5.97 Å². The molecule has 0 aromatic heterocycles. The zero-order valence-corrected chi connectivity index (χ0v) is 17.8. The Morgan fingerprint density at radius 3 is 2.00 bits per heavy atom. The summed E-state index contributed by atoms with van der Waals surface area (Å²) in [7, 11) is 0. The number of carboxylic acids is 1. The van der Waals surface area contributed by atoms with Gasteiger partial charge in [-0.05, 0) is 41.0 Å². The molecule has 0 unspecified atom stereocenters. The Balaban J connectivity index is 1.87. The highest BCUT2D eigenvalue weighted by Crippen LogP contribution is 2.44. The molecule has 1 saturated heterocycles. The predicted molar refractivity (Wildman–Crippen MR) is 118 cm³/mol. The van der Waals surface area contributed by atoms with Crippen LogP contribution in [0.1, 0.15) is 34.9 Å². The smallest absolute Gasteiger partial charge is 0.331 e. The van der Waals surface area contributed by atoms with Crippen LogP contribution in [-0.2, 0) is 14.3 Å². The Morgan fingerprint density at radius 1 is 0.903 bits per heavy atom. The van der Waals surface area contributed by atoms with Gasteiger partial charge in [-0.3, -0.25) is 4.79 Å². The minimum Gasteiger partial charge on any atom is -0.479 e. The number of carboxylic acid groups (broad SMARTS) is 1. The Labute approximate surface area is 189 Å². The largest absolute Gasteiger partial charge is 0.479 e. The Bertz CT molecular complexity index is 1070. The number of hydrogen-bond donors (Lipinski definition) is 1. The molecular formula is C24H19Cl2NO4. The second-order valence-electron chi connectivity index (χ2n) is 7.23. The van der Waals surface area contributed by atoms with Crippen molar-refractivity contribution in [1.29, 1.82) is 0 Å². The van der Waals surface area contributed by atoms with E-state index < -0.39 is 30.1 Å². The minimum atomic E-state index is -1.17. The number of rotatable bonds is 5. The van der Waals surface area contributed by atoms with Crippen molar-refractivity contribution in [3.63, 3.8) is 0 Å². The molecule has 1 aliphatic rings. The Kier molecular flexibility index (Phi) is 6.28. The van der Waals surface area contributed by atoms with Gasteiger partial charge in [-0.25, -0.2) is 4.79 Å². The lowest BCUT2D eigenvalue weighted by molar-refractivity contribution is -0.171. The average Bonchev–Trinajstić information content (AvgIpc) is 2.77. The lowest BCUT2D eigenvalue weighted by Gasteiger charge is -2.44.